The summed E-state index contributed by atoms with van der Waals surface area (Å²) in [7, 11) is -18.0. The molecule has 5 unspecified atom stereocenters. The first-order chi connectivity index (χ1) is 14.2. The fourth-order valence-corrected chi connectivity index (χ4v) is 5.50. The molecule has 2 aromatic rings. The highest BCUT2D eigenvalue weighted by Crippen LogP contribution is 2.60. The minimum Gasteiger partial charge on any atom is -0.790 e. The number of phosphoric ester groups is 1. The van der Waals surface area contributed by atoms with E-state index in [1.165, 1.54) is 10.9 Å². The van der Waals surface area contributed by atoms with E-state index in [1.54, 1.807) is 0 Å². The minimum atomic E-state index is -6.12. The van der Waals surface area contributed by atoms with Gasteiger partial charge in [0.2, 0.25) is 5.95 Å². The lowest BCUT2D eigenvalue weighted by atomic mass is 10.2. The number of hydrogen-bond acceptors (Lipinski definition) is 16. The standard InChI is InChI=1S/C10H16N5O13P3/c11-10-13-8-7(9(17)14-10)12-3-15(8)6-1-4(16)5(26-6)2-25-30(21,22)28-31(23,24)27-29(18,19)20/h3-6,16H,1-2H2,(H,21,22)(H,23,24)(H2,18,19,20)(H3,11,13,14,17)/p-4. The Morgan fingerprint density at radius 1 is 1.26 bits per heavy atom. The summed E-state index contributed by atoms with van der Waals surface area (Å²) in [6, 6.07) is 0. The van der Waals surface area contributed by atoms with Crippen molar-refractivity contribution in [1.82, 2.24) is 19.5 Å². The summed E-state index contributed by atoms with van der Waals surface area (Å²) in [6.07, 6.45) is -2.64. The van der Waals surface area contributed by atoms with Gasteiger partial charge in [0.1, 0.15) is 12.3 Å². The van der Waals surface area contributed by atoms with E-state index in [4.69, 9.17) is 10.5 Å². The van der Waals surface area contributed by atoms with E-state index in [2.05, 4.69) is 28.1 Å². The molecule has 1 aliphatic heterocycles. The van der Waals surface area contributed by atoms with Gasteiger partial charge in [-0.05, 0) is 0 Å². The third-order valence-electron chi connectivity index (χ3n) is 3.76. The second-order valence-corrected chi connectivity index (χ2v) is 10.3. The number of aromatic nitrogens is 4. The van der Waals surface area contributed by atoms with Crippen LogP contribution in [0.25, 0.3) is 11.2 Å². The van der Waals surface area contributed by atoms with Crippen molar-refractivity contribution in [2.45, 2.75) is 24.9 Å². The van der Waals surface area contributed by atoms with Crippen molar-refractivity contribution in [3.05, 3.63) is 16.7 Å². The smallest absolute Gasteiger partial charge is 0.280 e. The quantitative estimate of drug-likeness (QED) is 0.291. The molecule has 0 aliphatic carbocycles. The van der Waals surface area contributed by atoms with Crippen LogP contribution in [0.15, 0.2) is 11.1 Å². The number of nitrogen functional groups attached to an aromatic ring is 1. The number of phosphoric acid groups is 3. The Bertz CT molecular complexity index is 1170. The first kappa shape index (κ1) is 24.1. The topological polar surface area (TPSA) is 290 Å². The van der Waals surface area contributed by atoms with Gasteiger partial charge in [0.15, 0.2) is 11.2 Å². The zero-order valence-corrected chi connectivity index (χ0v) is 17.5. The zero-order valence-electron chi connectivity index (χ0n) is 14.8. The van der Waals surface area contributed by atoms with Crippen LogP contribution in [0.2, 0.25) is 0 Å². The van der Waals surface area contributed by atoms with E-state index in [0.717, 1.165) is 0 Å². The van der Waals surface area contributed by atoms with Crippen LogP contribution in [0.4, 0.5) is 5.95 Å². The summed E-state index contributed by atoms with van der Waals surface area (Å²) in [5.41, 5.74) is 4.78. The van der Waals surface area contributed by atoms with Crippen molar-refractivity contribution in [2.75, 3.05) is 12.3 Å². The third-order valence-corrected chi connectivity index (χ3v) is 7.43. The van der Waals surface area contributed by atoms with E-state index >= 15 is 0 Å². The third kappa shape index (κ3) is 6.04. The average molecular weight is 503 g/mol. The largest absolute Gasteiger partial charge is 0.790 e. The van der Waals surface area contributed by atoms with Crippen molar-refractivity contribution in [2.24, 2.45) is 0 Å². The lowest BCUT2D eigenvalue weighted by molar-refractivity contribution is -0.339. The molecule has 0 aromatic carbocycles. The molecule has 0 radical (unpaired) electrons. The molecule has 0 spiro atoms. The van der Waals surface area contributed by atoms with Crippen LogP contribution in [0, 0.1) is 0 Å². The van der Waals surface area contributed by atoms with Gasteiger partial charge in [-0.25, -0.2) is 9.29 Å². The Hall–Kier alpha value is -1.52. The number of ether oxygens (including phenoxy) is 1. The number of nitrogens with two attached hydrogens (primary N) is 1. The van der Waals surface area contributed by atoms with E-state index in [0.29, 0.717) is 0 Å². The van der Waals surface area contributed by atoms with E-state index in [9.17, 15) is 43.2 Å². The van der Waals surface area contributed by atoms with Crippen LogP contribution in [0.3, 0.4) is 0 Å². The highest BCUT2D eigenvalue weighted by Gasteiger charge is 2.37. The fourth-order valence-electron chi connectivity index (χ4n) is 2.64. The number of H-pyrrole nitrogens is 1. The highest BCUT2D eigenvalue weighted by molar-refractivity contribution is 7.64. The molecule has 174 valence electrons. The van der Waals surface area contributed by atoms with Crippen LogP contribution in [-0.4, -0.2) is 43.4 Å². The number of aliphatic hydroxyl groups is 1. The second kappa shape index (κ2) is 8.44. The van der Waals surface area contributed by atoms with Crippen LogP contribution in [0.5, 0.6) is 0 Å². The molecule has 1 aliphatic rings. The lowest BCUT2D eigenvalue weighted by Crippen LogP contribution is -2.27. The molecule has 4 N–H and O–H groups in total. The number of aliphatic hydroxyl groups excluding tert-OH is 1. The van der Waals surface area contributed by atoms with Crippen LogP contribution < -0.4 is 30.9 Å². The molecule has 0 saturated carbocycles. The number of hydrogen-bond donors (Lipinski definition) is 3. The Labute approximate surface area is 171 Å². The first-order valence-corrected chi connectivity index (χ1v) is 12.3. The van der Waals surface area contributed by atoms with E-state index < -0.39 is 54.1 Å². The Morgan fingerprint density at radius 2 is 1.94 bits per heavy atom. The first-order valence-electron chi connectivity index (χ1n) is 7.93. The molecule has 3 rings (SSSR count). The van der Waals surface area contributed by atoms with Gasteiger partial charge in [0.05, 0.1) is 26.9 Å². The number of rotatable bonds is 8. The van der Waals surface area contributed by atoms with Gasteiger partial charge >= 0.3 is 0 Å². The predicted molar refractivity (Wildman–Crippen MR) is 88.0 cm³/mol. The van der Waals surface area contributed by atoms with Crippen LogP contribution in [0.1, 0.15) is 12.6 Å². The minimum absolute atomic E-state index is 0.0157. The fraction of sp³-hybridized carbons (Fsp3) is 0.500. The Kier molecular flexibility index (Phi) is 6.57. The average Bonchev–Trinajstić information content (AvgIpc) is 3.13. The van der Waals surface area contributed by atoms with Gasteiger partial charge in [-0.1, -0.05) is 0 Å². The molecule has 5 atom stereocenters. The Balaban J connectivity index is 1.67. The highest BCUT2D eigenvalue weighted by atomic mass is 31.3. The molecule has 0 amide bonds. The molecule has 31 heavy (non-hydrogen) atoms. The number of imidazole rings is 1. The van der Waals surface area contributed by atoms with Gasteiger partial charge < -0.3 is 44.2 Å². The van der Waals surface area contributed by atoms with Gasteiger partial charge in [0, 0.05) is 6.42 Å². The summed E-state index contributed by atoms with van der Waals surface area (Å²) in [5.74, 6) is -0.216. The Morgan fingerprint density at radius 3 is 2.58 bits per heavy atom. The van der Waals surface area contributed by atoms with Gasteiger partial charge in [-0.15, -0.1) is 0 Å². The van der Waals surface area contributed by atoms with Gasteiger partial charge in [-0.2, -0.15) is 4.98 Å². The summed E-state index contributed by atoms with van der Waals surface area (Å²) < 4.78 is 50.4. The summed E-state index contributed by atoms with van der Waals surface area (Å²) in [6.45, 7) is -0.965. The van der Waals surface area contributed by atoms with Crippen molar-refractivity contribution in [1.29, 1.82) is 0 Å². The molecule has 2 aromatic heterocycles. The lowest BCUT2D eigenvalue weighted by Gasteiger charge is -2.37. The van der Waals surface area contributed by atoms with Crippen LogP contribution >= 0.6 is 23.5 Å². The molecule has 21 heteroatoms. The summed E-state index contributed by atoms with van der Waals surface area (Å²) in [4.78, 5) is 65.1. The van der Waals surface area contributed by atoms with Crippen molar-refractivity contribution in [3.8, 4) is 0 Å². The SMILES string of the molecule is Nc1nc2c(ncn2C2CC(O)C(COP(=O)([O-])OP(=O)([O-])OP(=O)([O-])[O-])O2)c(=O)[nH]1. The molecule has 1 fully saturated rings. The maximum atomic E-state index is 11.8. The van der Waals surface area contributed by atoms with Gasteiger partial charge in [-0.3, -0.25) is 27.8 Å². The number of nitrogens with zero attached hydrogens (tertiary/aromatic N) is 3. The van der Waals surface area contributed by atoms with E-state index in [1.807, 2.05) is 0 Å². The molecule has 3 heterocycles. The number of anilines is 1. The van der Waals surface area contributed by atoms with Crippen molar-refractivity contribution in [3.63, 3.8) is 0 Å². The molecule has 1 saturated heterocycles. The maximum Gasteiger partial charge on any atom is 0.280 e. The van der Waals surface area contributed by atoms with Gasteiger partial charge in [0.25, 0.3) is 21.2 Å². The van der Waals surface area contributed by atoms with Crippen LogP contribution in [-0.2, 0) is 31.6 Å². The van der Waals surface area contributed by atoms with Crippen molar-refractivity contribution >= 4 is 40.6 Å². The number of nitrogens with one attached hydrogen (secondary N) is 1. The monoisotopic (exact) mass is 503 g/mol. The molecular formula is C10H12N5O13P3-4. The van der Waals surface area contributed by atoms with Crippen molar-refractivity contribution < 1.29 is 56.3 Å². The normalized spacial score (nSPS) is 26.0. The summed E-state index contributed by atoms with van der Waals surface area (Å²) >= 11 is 0. The van der Waals surface area contributed by atoms with E-state index in [-0.39, 0.29) is 23.5 Å². The predicted octanol–water partition coefficient (Wildman–Crippen LogP) is -3.83. The second-order valence-electron chi connectivity index (χ2n) is 6.01. The zero-order chi connectivity index (χ0) is 23.2. The number of fused-ring (bicyclic) bond motifs is 1. The summed E-state index contributed by atoms with van der Waals surface area (Å²) in [5, 5.41) is 10.1. The number of aromatic amines is 1. The molecular weight excluding hydrogens is 491 g/mol. The molecule has 0 bridgehead atoms. The maximum absolute atomic E-state index is 11.8. The molecule has 18 nitrogen and oxygen atoms in total.